The summed E-state index contributed by atoms with van der Waals surface area (Å²) in [5.74, 6) is 1.83. The van der Waals surface area contributed by atoms with E-state index in [9.17, 15) is 4.57 Å². The van der Waals surface area contributed by atoms with Gasteiger partial charge >= 0.3 is 7.82 Å². The Morgan fingerprint density at radius 3 is 1.97 bits per heavy atom. The van der Waals surface area contributed by atoms with Gasteiger partial charge in [0.15, 0.2) is 0 Å². The van der Waals surface area contributed by atoms with Gasteiger partial charge in [-0.25, -0.2) is 0 Å². The molecule has 0 fully saturated rings. The van der Waals surface area contributed by atoms with Crippen LogP contribution in [0.1, 0.15) is 25.0 Å². The first-order chi connectivity index (χ1) is 15.4. The molecule has 0 aliphatic heterocycles. The molecule has 0 saturated heterocycles. The van der Waals surface area contributed by atoms with E-state index in [0.29, 0.717) is 23.2 Å². The summed E-state index contributed by atoms with van der Waals surface area (Å²) in [7, 11) is -4.05. The third-order valence-electron chi connectivity index (χ3n) is 4.98. The van der Waals surface area contributed by atoms with E-state index in [2.05, 4.69) is 13.8 Å². The molecule has 4 aromatic rings. The molecule has 4 aromatic carbocycles. The summed E-state index contributed by atoms with van der Waals surface area (Å²) in [6.45, 7) is 6.32. The third-order valence-corrected chi connectivity index (χ3v) is 6.27. The second-order valence-electron chi connectivity index (χ2n) is 8.25. The highest BCUT2D eigenvalue weighted by Gasteiger charge is 2.33. The zero-order valence-corrected chi connectivity index (χ0v) is 19.4. The molecule has 0 aliphatic rings. The summed E-state index contributed by atoms with van der Waals surface area (Å²) in [5.41, 5.74) is 2.26. The van der Waals surface area contributed by atoms with Crippen LogP contribution in [0.5, 0.6) is 17.2 Å². The second-order valence-corrected chi connectivity index (χ2v) is 9.70. The average Bonchev–Trinajstić information content (AvgIpc) is 2.77. The van der Waals surface area contributed by atoms with Gasteiger partial charge in [0.25, 0.3) is 0 Å². The molecule has 0 saturated carbocycles. The first-order valence-electron chi connectivity index (χ1n) is 10.7. The van der Waals surface area contributed by atoms with Crippen molar-refractivity contribution in [1.29, 1.82) is 0 Å². The molecule has 1 unspecified atom stereocenters. The van der Waals surface area contributed by atoms with Crippen molar-refractivity contribution in [3.05, 3.63) is 102 Å². The predicted molar refractivity (Wildman–Crippen MR) is 130 cm³/mol. The lowest BCUT2D eigenvalue weighted by Gasteiger charge is -2.20. The third kappa shape index (κ3) is 5.52. The zero-order chi connectivity index (χ0) is 22.6. The first kappa shape index (κ1) is 22.0. The van der Waals surface area contributed by atoms with Gasteiger partial charge in [-0.1, -0.05) is 80.1 Å². The number of benzene rings is 4. The molecule has 0 N–H and O–H groups in total. The normalized spacial score (nSPS) is 13.0. The topological polar surface area (TPSA) is 44.8 Å². The highest BCUT2D eigenvalue weighted by molar-refractivity contribution is 7.49. The number of hydrogen-bond donors (Lipinski definition) is 0. The number of aryl methyl sites for hydroxylation is 1. The van der Waals surface area contributed by atoms with Crippen LogP contribution in [0.4, 0.5) is 0 Å². The quantitative estimate of drug-likeness (QED) is 0.257. The smallest absolute Gasteiger partial charge is 0.386 e. The summed E-state index contributed by atoms with van der Waals surface area (Å²) in [4.78, 5) is 0. The van der Waals surface area contributed by atoms with Gasteiger partial charge in [0.1, 0.15) is 17.2 Å². The first-order valence-corrected chi connectivity index (χ1v) is 12.2. The number of hydrogen-bond acceptors (Lipinski definition) is 4. The van der Waals surface area contributed by atoms with Crippen LogP contribution in [0, 0.1) is 12.8 Å². The van der Waals surface area contributed by atoms with E-state index in [4.69, 9.17) is 13.6 Å². The Kier molecular flexibility index (Phi) is 6.53. The van der Waals surface area contributed by atoms with Gasteiger partial charge in [-0.3, -0.25) is 0 Å². The van der Waals surface area contributed by atoms with Gasteiger partial charge in [-0.05, 0) is 60.5 Å². The van der Waals surface area contributed by atoms with Crippen molar-refractivity contribution in [2.24, 2.45) is 5.92 Å². The Labute approximate surface area is 189 Å². The van der Waals surface area contributed by atoms with Crippen LogP contribution < -0.4 is 13.6 Å². The minimum Gasteiger partial charge on any atom is -0.386 e. The Hall–Kier alpha value is -3.23. The van der Waals surface area contributed by atoms with E-state index in [0.717, 1.165) is 22.8 Å². The van der Waals surface area contributed by atoms with Crippen LogP contribution in [0.3, 0.4) is 0 Å². The molecular weight excluding hydrogens is 419 g/mol. The molecule has 32 heavy (non-hydrogen) atoms. The summed E-state index contributed by atoms with van der Waals surface area (Å²) in [6.07, 6.45) is 0.963. The Bertz CT molecular complexity index is 1230. The molecule has 0 amide bonds. The second kappa shape index (κ2) is 9.50. The van der Waals surface area contributed by atoms with Crippen LogP contribution in [0.25, 0.3) is 10.8 Å². The molecule has 0 radical (unpaired) electrons. The fourth-order valence-corrected chi connectivity index (χ4v) is 4.74. The molecule has 4 nitrogen and oxygen atoms in total. The van der Waals surface area contributed by atoms with Crippen molar-refractivity contribution >= 4 is 18.6 Å². The highest BCUT2D eigenvalue weighted by Crippen LogP contribution is 2.51. The van der Waals surface area contributed by atoms with Crippen LogP contribution in [-0.2, 0) is 11.0 Å². The lowest BCUT2D eigenvalue weighted by atomic mass is 10.0. The van der Waals surface area contributed by atoms with E-state index in [-0.39, 0.29) is 0 Å². The standard InChI is InChI=1S/C27H27O4P/c1-20(2)19-22-13-17-25(18-14-22)30-32(28,29-24-15-11-21(3)12-16-24)31-27-10-6-8-23-7-4-5-9-26(23)27/h4-18,20H,19H2,1-3H3. The fraction of sp³-hybridized carbons (Fsp3) is 0.185. The Balaban J connectivity index is 1.66. The molecule has 0 aliphatic carbocycles. The molecule has 0 heterocycles. The van der Waals surface area contributed by atoms with E-state index in [1.165, 1.54) is 5.56 Å². The Morgan fingerprint density at radius 2 is 1.31 bits per heavy atom. The predicted octanol–water partition coefficient (Wildman–Crippen LogP) is 7.99. The molecule has 1 atom stereocenters. The Morgan fingerprint density at radius 1 is 0.719 bits per heavy atom. The average molecular weight is 446 g/mol. The minimum atomic E-state index is -4.05. The molecule has 164 valence electrons. The van der Waals surface area contributed by atoms with Gasteiger partial charge < -0.3 is 13.6 Å². The number of fused-ring (bicyclic) bond motifs is 1. The van der Waals surface area contributed by atoms with Crippen molar-refractivity contribution in [3.8, 4) is 17.2 Å². The van der Waals surface area contributed by atoms with Crippen LogP contribution >= 0.6 is 7.82 Å². The van der Waals surface area contributed by atoms with E-state index in [1.54, 1.807) is 30.3 Å². The number of rotatable bonds is 8. The van der Waals surface area contributed by atoms with E-state index in [1.807, 2.05) is 67.6 Å². The molecular formula is C27H27O4P. The van der Waals surface area contributed by atoms with Gasteiger partial charge in [0.05, 0.1) is 0 Å². The molecule has 0 aromatic heterocycles. The maximum Gasteiger partial charge on any atom is 0.647 e. The van der Waals surface area contributed by atoms with Gasteiger partial charge in [0.2, 0.25) is 0 Å². The largest absolute Gasteiger partial charge is 0.647 e. The maximum absolute atomic E-state index is 13.8. The monoisotopic (exact) mass is 446 g/mol. The minimum absolute atomic E-state index is 0.413. The highest BCUT2D eigenvalue weighted by atomic mass is 31.2. The van der Waals surface area contributed by atoms with Crippen molar-refractivity contribution in [2.75, 3.05) is 0 Å². The van der Waals surface area contributed by atoms with Gasteiger partial charge in [0, 0.05) is 5.39 Å². The van der Waals surface area contributed by atoms with E-state index < -0.39 is 7.82 Å². The van der Waals surface area contributed by atoms with Crippen molar-refractivity contribution in [1.82, 2.24) is 0 Å². The fourth-order valence-electron chi connectivity index (χ4n) is 3.47. The molecule has 5 heteroatoms. The van der Waals surface area contributed by atoms with Crippen LogP contribution in [-0.4, -0.2) is 0 Å². The molecule has 0 bridgehead atoms. The SMILES string of the molecule is Cc1ccc(OP(=O)(Oc2ccc(CC(C)C)cc2)Oc2cccc3ccccc23)cc1. The van der Waals surface area contributed by atoms with Crippen LogP contribution in [0.2, 0.25) is 0 Å². The summed E-state index contributed by atoms with van der Waals surface area (Å²) >= 11 is 0. The van der Waals surface area contributed by atoms with Crippen molar-refractivity contribution in [2.45, 2.75) is 27.2 Å². The zero-order valence-electron chi connectivity index (χ0n) is 18.5. The van der Waals surface area contributed by atoms with Crippen molar-refractivity contribution < 1.29 is 18.1 Å². The number of phosphoric acid groups is 1. The van der Waals surface area contributed by atoms with Gasteiger partial charge in [-0.15, -0.1) is 0 Å². The summed E-state index contributed by atoms with van der Waals surface area (Å²) < 4.78 is 31.5. The van der Waals surface area contributed by atoms with Crippen molar-refractivity contribution in [3.63, 3.8) is 0 Å². The molecule has 0 spiro atoms. The number of phosphoric ester groups is 1. The summed E-state index contributed by atoms with van der Waals surface area (Å²) in [5, 5.41) is 1.81. The van der Waals surface area contributed by atoms with Gasteiger partial charge in [-0.2, -0.15) is 4.57 Å². The van der Waals surface area contributed by atoms with E-state index >= 15 is 0 Å². The summed E-state index contributed by atoms with van der Waals surface area (Å²) in [6, 6.07) is 28.2. The molecule has 4 rings (SSSR count). The van der Waals surface area contributed by atoms with Crippen LogP contribution in [0.15, 0.2) is 91.0 Å². The maximum atomic E-state index is 13.8. The lowest BCUT2D eigenvalue weighted by molar-refractivity contribution is 0.299. The lowest BCUT2D eigenvalue weighted by Crippen LogP contribution is -2.08.